The van der Waals surface area contributed by atoms with Crippen LogP contribution in [0, 0.1) is 0 Å². The Bertz CT molecular complexity index is 6220. The number of benzene rings is 7. The summed E-state index contributed by atoms with van der Waals surface area (Å²) in [5.74, 6) is 4.11. The highest BCUT2D eigenvalue weighted by atomic mass is 32.2. The van der Waals surface area contributed by atoms with Crippen LogP contribution in [0.15, 0.2) is 216 Å². The molecule has 0 unspecified atom stereocenters. The number of aromatic nitrogens is 13. The number of azide groups is 1. The fraction of sp³-hybridized carbons (Fsp3) is 0.460. The molecule has 0 N–H and O–H groups in total. The lowest BCUT2D eigenvalue weighted by Gasteiger charge is -2.23. The quantitative estimate of drug-likeness (QED) is 0.00853. The first kappa shape index (κ1) is 109. The van der Waals surface area contributed by atoms with Gasteiger partial charge in [-0.3, -0.25) is 14.7 Å². The highest BCUT2D eigenvalue weighted by Gasteiger charge is 2.24. The molecular weight excluding hydrogens is 1820 g/mol. The minimum Gasteiger partial charge on any atom is -0.497 e. The minimum absolute atomic E-state index is 0.113. The van der Waals surface area contributed by atoms with Crippen LogP contribution in [0.2, 0.25) is 25.7 Å². The van der Waals surface area contributed by atoms with E-state index in [1.807, 2.05) is 24.8 Å². The number of methoxy groups -OCH3 is 6. The van der Waals surface area contributed by atoms with Crippen molar-refractivity contribution in [2.24, 2.45) is 4.52 Å². The van der Waals surface area contributed by atoms with Gasteiger partial charge in [0.05, 0.1) is 139 Å². The number of hydrogen-bond acceptors (Lipinski definition) is 24. The third-order valence-corrected chi connectivity index (χ3v) is 29.1. The van der Waals surface area contributed by atoms with Crippen LogP contribution in [-0.2, 0) is 48.2 Å². The summed E-state index contributed by atoms with van der Waals surface area (Å²) in [6.45, 7) is 24.0. The van der Waals surface area contributed by atoms with Gasteiger partial charge in [-0.05, 0) is 160 Å². The normalized spacial score (nSPS) is 11.5. The van der Waals surface area contributed by atoms with Gasteiger partial charge in [0.2, 0.25) is 0 Å². The van der Waals surface area contributed by atoms with E-state index in [1.165, 1.54) is 265 Å². The summed E-state index contributed by atoms with van der Waals surface area (Å²) in [4.78, 5) is 54.0. The summed E-state index contributed by atoms with van der Waals surface area (Å²) >= 11 is 0. The maximum absolute atomic E-state index is 12.6. The van der Waals surface area contributed by atoms with E-state index < -0.39 is 44.5 Å². The van der Waals surface area contributed by atoms with Crippen LogP contribution in [0.4, 0.5) is 4.79 Å². The van der Waals surface area contributed by atoms with Gasteiger partial charge in [-0.25, -0.2) is 63.5 Å². The zero-order valence-electron chi connectivity index (χ0n) is 81.8. The molecule has 37 heteroatoms. The molecule has 14 rings (SSSR count). The van der Waals surface area contributed by atoms with Crippen molar-refractivity contribution in [3.8, 4) is 34.5 Å². The second-order valence-corrected chi connectivity index (χ2v) is 45.0. The van der Waals surface area contributed by atoms with Crippen LogP contribution in [0.3, 0.4) is 0 Å². The van der Waals surface area contributed by atoms with Gasteiger partial charge in [0.1, 0.15) is 70.2 Å². The molecular formula is C100H138N18O15S3Si. The van der Waals surface area contributed by atoms with Crippen LogP contribution in [-0.4, -0.2) is 192 Å². The first-order valence-corrected chi connectivity index (χ1v) is 55.4. The Morgan fingerprint density at radius 1 is 0.387 bits per heavy atom. The minimum atomic E-state index is -4.11. The average molecular weight is 1960 g/mol. The van der Waals surface area contributed by atoms with Gasteiger partial charge in [-0.2, -0.15) is 13.1 Å². The molecule has 740 valence electrons. The van der Waals surface area contributed by atoms with Crippen molar-refractivity contribution >= 4 is 111 Å². The number of carbonyl (C=O) groups excluding carboxylic acids is 1. The zero-order valence-corrected chi connectivity index (χ0v) is 85.2. The summed E-state index contributed by atoms with van der Waals surface area (Å²) in [6.07, 6.45) is 43.8. The zero-order chi connectivity index (χ0) is 98.4. The summed E-state index contributed by atoms with van der Waals surface area (Å²) in [5.41, 5.74) is 16.9. The van der Waals surface area contributed by atoms with Crippen molar-refractivity contribution in [3.05, 3.63) is 212 Å². The van der Waals surface area contributed by atoms with E-state index in [0.717, 1.165) is 62.6 Å². The van der Waals surface area contributed by atoms with Crippen LogP contribution in [0.1, 0.15) is 182 Å². The molecule has 14 aromatic rings. The molecule has 7 aromatic heterocycles. The summed E-state index contributed by atoms with van der Waals surface area (Å²) < 4.78 is 121. The largest absolute Gasteiger partial charge is 0.533 e. The Hall–Kier alpha value is -12.1. The van der Waals surface area contributed by atoms with Crippen LogP contribution in [0.5, 0.6) is 34.5 Å². The van der Waals surface area contributed by atoms with E-state index in [9.17, 15) is 30.0 Å². The number of carbonyl (C=O) groups is 1. The number of nitrogens with zero attached hydrogens (tertiary/aromatic N) is 18. The van der Waals surface area contributed by atoms with E-state index in [-0.39, 0.29) is 15.3 Å². The second kappa shape index (κ2) is 56.5. The maximum atomic E-state index is 12.6. The van der Waals surface area contributed by atoms with Crippen molar-refractivity contribution in [2.45, 2.75) is 230 Å². The number of pyridine rings is 1. The van der Waals surface area contributed by atoms with Gasteiger partial charge in [0.15, 0.2) is 0 Å². The van der Waals surface area contributed by atoms with E-state index in [0.29, 0.717) is 68.2 Å². The van der Waals surface area contributed by atoms with Crippen molar-refractivity contribution in [3.63, 3.8) is 0 Å². The topological polar surface area (TPSA) is 368 Å². The van der Waals surface area contributed by atoms with Gasteiger partial charge < -0.3 is 47.2 Å². The van der Waals surface area contributed by atoms with Crippen molar-refractivity contribution in [1.82, 2.24) is 70.5 Å². The van der Waals surface area contributed by atoms with Crippen LogP contribution >= 0.6 is 0 Å². The fourth-order valence-corrected chi connectivity index (χ4v) is 19.1. The Kier molecular flexibility index (Phi) is 44.8. The van der Waals surface area contributed by atoms with E-state index in [1.54, 1.807) is 124 Å². The molecule has 0 amide bonds. The van der Waals surface area contributed by atoms with Crippen molar-refractivity contribution in [1.29, 1.82) is 0 Å². The number of rotatable bonds is 49. The molecule has 0 aliphatic heterocycles. The Balaban J connectivity index is 0.000000186. The molecule has 7 aromatic carbocycles. The molecule has 0 spiro atoms. The smallest absolute Gasteiger partial charge is 0.497 e. The van der Waals surface area contributed by atoms with E-state index >= 15 is 0 Å². The number of ether oxygens (including phenoxy) is 7. The molecule has 33 nitrogen and oxygen atoms in total. The molecule has 7 heterocycles. The predicted octanol–water partition coefficient (Wildman–Crippen LogP) is 22.4. The third kappa shape index (κ3) is 33.6. The van der Waals surface area contributed by atoms with Gasteiger partial charge in [0.25, 0.3) is 20.0 Å². The SMILES string of the molecule is CCCCCCCCN(CCCCCCCC)CCn1cnc2ccc(OC)cc21.CCCCCCCCN(CCCCCCCC)Cn1cnc2ccc(OC)cc21.COc1ccc2ncn(OC(=O)OCC[Si](C)(C)C)c2c1.COc1ccc2ncn(S(=O)(=O)N=[N+]=[N-])c2c1.COc1ccc2ncn(S(=O)(=O)c3ccccc3)c2c1.COc1ccc2ncn(S(=O)(=O)c3cccnc3)c2c1. The first-order valence-electron chi connectivity index (χ1n) is 47.4. The maximum Gasteiger partial charge on any atom is 0.533 e. The second-order valence-electron chi connectivity index (χ2n) is 34.3. The Labute approximate surface area is 808 Å². The van der Waals surface area contributed by atoms with Gasteiger partial charge in [0, 0.05) is 74.9 Å². The van der Waals surface area contributed by atoms with E-state index in [2.05, 4.69) is 135 Å². The first-order chi connectivity index (χ1) is 66.3. The molecule has 0 aliphatic carbocycles. The average Bonchev–Trinajstić information content (AvgIpc) is 1.64. The summed E-state index contributed by atoms with van der Waals surface area (Å²) in [7, 11) is -3.15. The predicted molar refractivity (Wildman–Crippen MR) is 545 cm³/mol. The third-order valence-electron chi connectivity index (χ3n) is 23.0. The molecule has 0 saturated heterocycles. The highest BCUT2D eigenvalue weighted by molar-refractivity contribution is 7.90. The lowest BCUT2D eigenvalue weighted by atomic mass is 10.1. The van der Waals surface area contributed by atoms with Crippen molar-refractivity contribution in [2.75, 3.05) is 82.0 Å². The number of imidazole rings is 6. The molecule has 0 fully saturated rings. The van der Waals surface area contributed by atoms with Gasteiger partial charge in [-0.15, -0.1) is 0 Å². The monoisotopic (exact) mass is 1950 g/mol. The van der Waals surface area contributed by atoms with Crippen LogP contribution in [0.25, 0.3) is 76.6 Å². The van der Waals surface area contributed by atoms with Crippen molar-refractivity contribution < 1.29 is 68.0 Å². The summed E-state index contributed by atoms with van der Waals surface area (Å²) in [5, 5.41) is 0. The van der Waals surface area contributed by atoms with Gasteiger partial charge >= 0.3 is 16.4 Å². The summed E-state index contributed by atoms with van der Waals surface area (Å²) in [6, 6.07) is 44.8. The fourth-order valence-electron chi connectivity index (χ4n) is 15.1. The molecule has 0 bridgehead atoms. The standard InChI is InChI=1S/C26H45N3O.C25H43N3O.C14H20N2O4Si.C14H12N2O3S.C13H11N3O3S.C8H7N5O3S/c1-4-6-8-10-12-14-18-28(19-15-13-11-9-7-5-2)20-21-29-23-27-25-17-16-24(30-3)22-26(25)29;1-4-6-8-10-12-14-18-27(19-15-13-11-9-7-5-2)22-28-21-26-24-17-16-23(29-3)20-25(24)28;1-18-11-5-6-12-13(9-11)16(10-15-12)20-14(17)19-7-8-21(2,3)4;1-19-11-7-8-13-14(9-11)16(10-15-13)20(17,18)12-5-3-2-4-6-12;1-19-10-4-5-12-13(7-10)16(9-15-12)20(17,18)11-3-2-6-14-8-11;1-16-6-2-3-7-8(4-6)13(5-10-7)17(14,15)12-11-9/h16-17,22-23H,4-15,18-21H2,1-3H3;16-17,20-21H,4-15,18-19,22H2,1-3H3;5-6,9-10H,7-8H2,1-4H3;2-10H,1H3;2-9H,1H3;2-5H,1H3. The molecule has 0 atom stereocenters. The number of fused-ring (bicyclic) bond motifs is 6. The lowest BCUT2D eigenvalue weighted by Crippen LogP contribution is -2.29. The molecule has 0 aliphatic rings. The highest BCUT2D eigenvalue weighted by Crippen LogP contribution is 2.30. The Morgan fingerprint density at radius 3 is 1.14 bits per heavy atom. The molecule has 0 saturated carbocycles. The molecule has 0 radical (unpaired) electrons. The lowest BCUT2D eigenvalue weighted by molar-refractivity contribution is 0.0544. The van der Waals surface area contributed by atoms with Crippen LogP contribution < -0.4 is 33.3 Å². The van der Waals surface area contributed by atoms with E-state index in [4.69, 9.17) is 43.5 Å². The number of unbranched alkanes of at least 4 members (excludes halogenated alkanes) is 20. The molecule has 137 heavy (non-hydrogen) atoms. The Morgan fingerprint density at radius 2 is 0.730 bits per heavy atom. The van der Waals surface area contributed by atoms with Gasteiger partial charge in [-0.1, -0.05) is 194 Å². The number of hydrogen-bond donors (Lipinski definition) is 0.